The third kappa shape index (κ3) is 2.63. The van der Waals surface area contributed by atoms with Crippen molar-refractivity contribution in [2.24, 2.45) is 0 Å². The number of nitro benzene ring substituents is 1. The average Bonchev–Trinajstić information content (AvgIpc) is 2.88. The number of hydrogen-bond acceptors (Lipinski definition) is 7. The fraction of sp³-hybridized carbons (Fsp3) is 0.364. The minimum Gasteiger partial charge on any atom is -0.502 e. The number of aromatic hydroxyl groups is 1. The van der Waals surface area contributed by atoms with Gasteiger partial charge in [0.2, 0.25) is 0 Å². The Kier molecular flexibility index (Phi) is 4.00. The molecule has 0 bridgehead atoms. The van der Waals surface area contributed by atoms with Gasteiger partial charge in [0, 0.05) is 11.3 Å². The Bertz CT molecular complexity index is 564. The number of nitrogens with one attached hydrogen (secondary N) is 1. The molecule has 1 aliphatic rings. The van der Waals surface area contributed by atoms with E-state index in [0.29, 0.717) is 5.75 Å². The number of ether oxygens (including phenoxy) is 1. The van der Waals surface area contributed by atoms with Crippen molar-refractivity contribution < 1.29 is 24.7 Å². The summed E-state index contributed by atoms with van der Waals surface area (Å²) in [5.41, 5.74) is -0.231. The van der Waals surface area contributed by atoms with Crippen molar-refractivity contribution in [1.82, 2.24) is 5.32 Å². The van der Waals surface area contributed by atoms with Crippen LogP contribution >= 0.6 is 11.8 Å². The van der Waals surface area contributed by atoms with Crippen molar-refractivity contribution in [3.05, 3.63) is 27.8 Å². The van der Waals surface area contributed by atoms with Gasteiger partial charge in [0.25, 0.3) is 0 Å². The van der Waals surface area contributed by atoms with Gasteiger partial charge in [0.15, 0.2) is 5.75 Å². The van der Waals surface area contributed by atoms with Crippen LogP contribution in [0.2, 0.25) is 0 Å². The summed E-state index contributed by atoms with van der Waals surface area (Å²) in [5.74, 6) is -0.945. The van der Waals surface area contributed by atoms with E-state index in [-0.39, 0.29) is 11.3 Å². The molecule has 1 aromatic rings. The number of benzene rings is 1. The summed E-state index contributed by atoms with van der Waals surface area (Å²) in [6, 6.07) is 1.82. The molecule has 1 aromatic carbocycles. The van der Waals surface area contributed by atoms with Gasteiger partial charge >= 0.3 is 11.7 Å². The van der Waals surface area contributed by atoms with Crippen molar-refractivity contribution in [3.63, 3.8) is 0 Å². The third-order valence-corrected chi connectivity index (χ3v) is 4.14. The number of phenols is 1. The molecule has 0 amide bonds. The Morgan fingerprint density at radius 2 is 2.30 bits per heavy atom. The average molecular weight is 300 g/mol. The van der Waals surface area contributed by atoms with E-state index < -0.39 is 33.7 Å². The number of methoxy groups -OCH3 is 1. The summed E-state index contributed by atoms with van der Waals surface area (Å²) in [5, 5.41) is 32.0. The highest BCUT2D eigenvalue weighted by molar-refractivity contribution is 7.99. The molecule has 1 saturated heterocycles. The molecule has 1 fully saturated rings. The first-order valence-corrected chi connectivity index (χ1v) is 6.64. The number of nitrogens with zero attached hydrogens (tertiary/aromatic N) is 1. The number of thioether (sulfide) groups is 1. The molecule has 1 heterocycles. The molecule has 0 saturated carbocycles. The van der Waals surface area contributed by atoms with Crippen LogP contribution in [0, 0.1) is 10.1 Å². The normalized spacial score (nSPS) is 21.6. The molecule has 1 aliphatic heterocycles. The van der Waals surface area contributed by atoms with E-state index in [1.165, 1.54) is 24.9 Å². The Labute approximate surface area is 117 Å². The van der Waals surface area contributed by atoms with Gasteiger partial charge in [-0.05, 0) is 6.07 Å². The molecular weight excluding hydrogens is 288 g/mol. The SMILES string of the molecule is COc1cc(C2NC(C(=O)O)CS2)c(O)c([N+](=O)[O-])c1. The zero-order valence-electron chi connectivity index (χ0n) is 10.4. The van der Waals surface area contributed by atoms with E-state index in [9.17, 15) is 20.0 Å². The van der Waals surface area contributed by atoms with E-state index in [0.717, 1.165) is 6.07 Å². The summed E-state index contributed by atoms with van der Waals surface area (Å²) in [6.45, 7) is 0. The summed E-state index contributed by atoms with van der Waals surface area (Å²) in [7, 11) is 1.36. The molecule has 0 spiro atoms. The highest BCUT2D eigenvalue weighted by Crippen LogP contribution is 2.43. The van der Waals surface area contributed by atoms with Crippen LogP contribution < -0.4 is 10.1 Å². The monoisotopic (exact) mass is 300 g/mol. The third-order valence-electron chi connectivity index (χ3n) is 2.89. The van der Waals surface area contributed by atoms with Crippen LogP contribution in [0.25, 0.3) is 0 Å². The molecule has 2 unspecified atom stereocenters. The molecule has 108 valence electrons. The molecule has 20 heavy (non-hydrogen) atoms. The van der Waals surface area contributed by atoms with Crippen LogP contribution in [0.4, 0.5) is 5.69 Å². The number of aliphatic carboxylic acids is 1. The maximum Gasteiger partial charge on any atom is 0.321 e. The lowest BCUT2D eigenvalue weighted by Crippen LogP contribution is -2.33. The van der Waals surface area contributed by atoms with Crippen LogP contribution in [-0.2, 0) is 4.79 Å². The Balaban J connectivity index is 2.39. The van der Waals surface area contributed by atoms with Gasteiger partial charge in [-0.2, -0.15) is 0 Å². The number of carboxylic acid groups (broad SMARTS) is 1. The minimum absolute atomic E-state index is 0.227. The zero-order valence-corrected chi connectivity index (χ0v) is 11.2. The van der Waals surface area contributed by atoms with Gasteiger partial charge in [-0.3, -0.25) is 20.2 Å². The molecular formula is C11H12N2O6S. The molecule has 9 heteroatoms. The van der Waals surface area contributed by atoms with Gasteiger partial charge < -0.3 is 14.9 Å². The highest BCUT2D eigenvalue weighted by Gasteiger charge is 2.34. The predicted molar refractivity (Wildman–Crippen MR) is 71.1 cm³/mol. The lowest BCUT2D eigenvalue weighted by Gasteiger charge is -2.14. The fourth-order valence-electron chi connectivity index (χ4n) is 1.86. The smallest absolute Gasteiger partial charge is 0.321 e. The Morgan fingerprint density at radius 1 is 1.60 bits per heavy atom. The molecule has 3 N–H and O–H groups in total. The minimum atomic E-state index is -1.00. The lowest BCUT2D eigenvalue weighted by molar-refractivity contribution is -0.386. The molecule has 2 rings (SSSR count). The second-order valence-electron chi connectivity index (χ2n) is 4.11. The maximum atomic E-state index is 10.9. The van der Waals surface area contributed by atoms with Gasteiger partial charge in [0.05, 0.1) is 23.5 Å². The topological polar surface area (TPSA) is 122 Å². The second kappa shape index (κ2) is 5.55. The van der Waals surface area contributed by atoms with Crippen molar-refractivity contribution in [3.8, 4) is 11.5 Å². The summed E-state index contributed by atoms with van der Waals surface area (Å²) in [4.78, 5) is 21.1. The van der Waals surface area contributed by atoms with Crippen LogP contribution in [0.1, 0.15) is 10.9 Å². The first kappa shape index (κ1) is 14.4. The van der Waals surface area contributed by atoms with E-state index >= 15 is 0 Å². The number of hydrogen-bond donors (Lipinski definition) is 3. The van der Waals surface area contributed by atoms with Crippen molar-refractivity contribution in [1.29, 1.82) is 0 Å². The number of carbonyl (C=O) groups is 1. The van der Waals surface area contributed by atoms with E-state index in [4.69, 9.17) is 9.84 Å². The number of nitro groups is 1. The highest BCUT2D eigenvalue weighted by atomic mass is 32.2. The maximum absolute atomic E-state index is 10.9. The predicted octanol–water partition coefficient (Wildman–Crippen LogP) is 1.10. The fourth-order valence-corrected chi connectivity index (χ4v) is 3.11. The summed E-state index contributed by atoms with van der Waals surface area (Å²) in [6.07, 6.45) is 0. The van der Waals surface area contributed by atoms with Gasteiger partial charge in [-0.1, -0.05) is 0 Å². The van der Waals surface area contributed by atoms with Gasteiger partial charge in [-0.25, -0.2) is 0 Å². The first-order valence-electron chi connectivity index (χ1n) is 5.59. The lowest BCUT2D eigenvalue weighted by atomic mass is 10.1. The van der Waals surface area contributed by atoms with Crippen LogP contribution in [0.15, 0.2) is 12.1 Å². The van der Waals surface area contributed by atoms with Crippen LogP contribution in [0.5, 0.6) is 11.5 Å². The Morgan fingerprint density at radius 3 is 2.80 bits per heavy atom. The standard InChI is InChI=1S/C11H12N2O6S/c1-19-5-2-6(9(14)8(3-5)13(17)18)10-12-7(4-20-10)11(15)16/h2-3,7,10,12,14H,4H2,1H3,(H,15,16). The van der Waals surface area contributed by atoms with Crippen molar-refractivity contribution in [2.45, 2.75) is 11.4 Å². The first-order chi connectivity index (χ1) is 9.43. The molecule has 0 aromatic heterocycles. The van der Waals surface area contributed by atoms with Gasteiger partial charge in [-0.15, -0.1) is 11.8 Å². The zero-order chi connectivity index (χ0) is 14.9. The molecule has 0 radical (unpaired) electrons. The number of carboxylic acids is 1. The van der Waals surface area contributed by atoms with E-state index in [1.54, 1.807) is 0 Å². The number of rotatable bonds is 4. The van der Waals surface area contributed by atoms with Crippen LogP contribution in [-0.4, -0.2) is 40.0 Å². The van der Waals surface area contributed by atoms with Crippen molar-refractivity contribution in [2.75, 3.05) is 12.9 Å². The summed E-state index contributed by atoms with van der Waals surface area (Å²) >= 11 is 1.26. The van der Waals surface area contributed by atoms with E-state index in [2.05, 4.69) is 5.32 Å². The van der Waals surface area contributed by atoms with E-state index in [1.807, 2.05) is 0 Å². The Hall–Kier alpha value is -2.00. The summed E-state index contributed by atoms with van der Waals surface area (Å²) < 4.78 is 4.97. The molecule has 0 aliphatic carbocycles. The molecule has 8 nitrogen and oxygen atoms in total. The number of phenolic OH excluding ortho intramolecular Hbond substituents is 1. The molecule has 2 atom stereocenters. The van der Waals surface area contributed by atoms with Crippen molar-refractivity contribution >= 4 is 23.4 Å². The van der Waals surface area contributed by atoms with Crippen LogP contribution in [0.3, 0.4) is 0 Å². The second-order valence-corrected chi connectivity index (χ2v) is 5.25. The largest absolute Gasteiger partial charge is 0.502 e. The quantitative estimate of drug-likeness (QED) is 0.558. The van der Waals surface area contributed by atoms with Gasteiger partial charge in [0.1, 0.15) is 11.8 Å².